The van der Waals surface area contributed by atoms with Gasteiger partial charge in [-0.1, -0.05) is 0 Å². The average molecular weight is 377 g/mol. The number of anilines is 1. The molecule has 1 fully saturated rings. The molecule has 1 aromatic heterocycles. The number of methoxy groups -OCH3 is 1. The Kier molecular flexibility index (Phi) is 5.21. The van der Waals surface area contributed by atoms with Gasteiger partial charge in [-0.25, -0.2) is 8.42 Å². The van der Waals surface area contributed by atoms with E-state index in [0.29, 0.717) is 11.4 Å². The van der Waals surface area contributed by atoms with Gasteiger partial charge >= 0.3 is 0 Å². The van der Waals surface area contributed by atoms with Gasteiger partial charge in [0.1, 0.15) is 11.8 Å². The van der Waals surface area contributed by atoms with Crippen molar-refractivity contribution in [3.63, 3.8) is 0 Å². The number of ether oxygens (including phenoxy) is 1. The zero-order valence-electron chi connectivity index (χ0n) is 14.1. The van der Waals surface area contributed by atoms with Crippen LogP contribution >= 0.6 is 0 Å². The number of aromatic nitrogens is 1. The van der Waals surface area contributed by atoms with E-state index >= 15 is 0 Å². The highest BCUT2D eigenvalue weighted by Crippen LogP contribution is 2.28. The molecule has 1 aliphatic heterocycles. The van der Waals surface area contributed by atoms with Crippen molar-refractivity contribution in [2.45, 2.75) is 23.5 Å². The number of carbonyl (C=O) groups is 1. The monoisotopic (exact) mass is 377 g/mol. The quantitative estimate of drug-likeness (QED) is 0.800. The molecule has 0 bridgehead atoms. The normalized spacial score (nSPS) is 20.7. The Labute approximate surface area is 151 Å². The Hall–Kier alpha value is -2.49. The summed E-state index contributed by atoms with van der Waals surface area (Å²) < 4.78 is 31.9. The van der Waals surface area contributed by atoms with Gasteiger partial charge in [0.2, 0.25) is 15.9 Å². The van der Waals surface area contributed by atoms with Crippen molar-refractivity contribution in [2.75, 3.05) is 19.0 Å². The van der Waals surface area contributed by atoms with E-state index in [0.717, 1.165) is 4.31 Å². The SMILES string of the molecule is COc1ccc(S(=O)(=O)N2C[C@H](O)C[C@@H]2C(=O)Nc2cccnc2)cc1. The molecule has 0 saturated carbocycles. The maximum atomic E-state index is 12.9. The van der Waals surface area contributed by atoms with Crippen LogP contribution in [-0.2, 0) is 14.8 Å². The Morgan fingerprint density at radius 3 is 2.65 bits per heavy atom. The van der Waals surface area contributed by atoms with Crippen LogP contribution < -0.4 is 10.1 Å². The summed E-state index contributed by atoms with van der Waals surface area (Å²) in [5.74, 6) is 0.0166. The number of hydrogen-bond donors (Lipinski definition) is 2. The second kappa shape index (κ2) is 7.40. The topological polar surface area (TPSA) is 109 Å². The smallest absolute Gasteiger partial charge is 0.243 e. The second-order valence-corrected chi connectivity index (χ2v) is 7.78. The number of amides is 1. The molecule has 0 radical (unpaired) electrons. The third-order valence-corrected chi connectivity index (χ3v) is 6.02. The average Bonchev–Trinajstić information content (AvgIpc) is 3.05. The van der Waals surface area contributed by atoms with Crippen molar-refractivity contribution >= 4 is 21.6 Å². The predicted octanol–water partition coefficient (Wildman–Crippen LogP) is 0.853. The molecule has 138 valence electrons. The van der Waals surface area contributed by atoms with Gasteiger partial charge in [-0.3, -0.25) is 9.78 Å². The number of nitrogens with one attached hydrogen (secondary N) is 1. The molecule has 0 unspecified atom stereocenters. The lowest BCUT2D eigenvalue weighted by atomic mass is 10.2. The molecule has 1 saturated heterocycles. The van der Waals surface area contributed by atoms with Crippen LogP contribution in [0.25, 0.3) is 0 Å². The van der Waals surface area contributed by atoms with E-state index in [-0.39, 0.29) is 17.9 Å². The van der Waals surface area contributed by atoms with Gasteiger partial charge in [0, 0.05) is 19.2 Å². The van der Waals surface area contributed by atoms with Gasteiger partial charge < -0.3 is 15.2 Å². The molecule has 9 heteroatoms. The molecule has 2 aromatic rings. The first-order valence-electron chi connectivity index (χ1n) is 7.96. The maximum Gasteiger partial charge on any atom is 0.243 e. The summed E-state index contributed by atoms with van der Waals surface area (Å²) in [6.45, 7) is -0.139. The third-order valence-electron chi connectivity index (χ3n) is 4.13. The zero-order chi connectivity index (χ0) is 18.7. The minimum absolute atomic E-state index is 0.0292. The lowest BCUT2D eigenvalue weighted by Gasteiger charge is -2.23. The fourth-order valence-electron chi connectivity index (χ4n) is 2.83. The number of sulfonamides is 1. The number of aliphatic hydroxyl groups is 1. The first-order chi connectivity index (χ1) is 12.4. The van der Waals surface area contributed by atoms with Gasteiger partial charge in [0.25, 0.3) is 0 Å². The van der Waals surface area contributed by atoms with Crippen molar-refractivity contribution in [2.24, 2.45) is 0 Å². The molecule has 1 aliphatic rings. The number of carbonyl (C=O) groups excluding carboxylic acids is 1. The Balaban J connectivity index is 1.85. The molecule has 0 aliphatic carbocycles. The van der Waals surface area contributed by atoms with Gasteiger partial charge in [-0.05, 0) is 36.4 Å². The van der Waals surface area contributed by atoms with Crippen molar-refractivity contribution in [3.8, 4) is 5.75 Å². The van der Waals surface area contributed by atoms with Crippen LogP contribution in [0, 0.1) is 0 Å². The minimum Gasteiger partial charge on any atom is -0.497 e. The number of pyridine rings is 1. The van der Waals surface area contributed by atoms with Crippen molar-refractivity contribution in [3.05, 3.63) is 48.8 Å². The molecular formula is C17H19N3O5S. The highest BCUT2D eigenvalue weighted by atomic mass is 32.2. The summed E-state index contributed by atoms with van der Waals surface area (Å²) in [6, 6.07) is 8.19. The van der Waals surface area contributed by atoms with Gasteiger partial charge in [-0.2, -0.15) is 4.31 Å². The zero-order valence-corrected chi connectivity index (χ0v) is 14.9. The van der Waals surface area contributed by atoms with E-state index in [1.54, 1.807) is 18.3 Å². The van der Waals surface area contributed by atoms with Crippen LogP contribution in [-0.4, -0.2) is 54.5 Å². The van der Waals surface area contributed by atoms with E-state index in [9.17, 15) is 18.3 Å². The summed E-state index contributed by atoms with van der Waals surface area (Å²) >= 11 is 0. The number of aliphatic hydroxyl groups excluding tert-OH is 1. The fourth-order valence-corrected chi connectivity index (χ4v) is 4.47. The first kappa shape index (κ1) is 18.3. The molecule has 8 nitrogen and oxygen atoms in total. The van der Waals surface area contributed by atoms with Gasteiger partial charge in [0.15, 0.2) is 0 Å². The number of hydrogen-bond acceptors (Lipinski definition) is 6. The van der Waals surface area contributed by atoms with E-state index < -0.39 is 28.1 Å². The third kappa shape index (κ3) is 3.69. The molecule has 1 amide bonds. The lowest BCUT2D eigenvalue weighted by Crippen LogP contribution is -2.43. The molecule has 1 aromatic carbocycles. The lowest BCUT2D eigenvalue weighted by molar-refractivity contribution is -0.119. The molecule has 0 spiro atoms. The molecular weight excluding hydrogens is 358 g/mol. The van der Waals surface area contributed by atoms with Crippen molar-refractivity contribution < 1.29 is 23.1 Å². The molecule has 3 rings (SSSR count). The maximum absolute atomic E-state index is 12.9. The van der Waals surface area contributed by atoms with Crippen LogP contribution in [0.3, 0.4) is 0 Å². The minimum atomic E-state index is -3.94. The fraction of sp³-hybridized carbons (Fsp3) is 0.294. The van der Waals surface area contributed by atoms with E-state index in [2.05, 4.69) is 10.3 Å². The predicted molar refractivity (Wildman–Crippen MR) is 94.2 cm³/mol. The Morgan fingerprint density at radius 1 is 1.31 bits per heavy atom. The first-order valence-corrected chi connectivity index (χ1v) is 9.40. The highest BCUT2D eigenvalue weighted by molar-refractivity contribution is 7.89. The molecule has 2 atom stereocenters. The summed E-state index contributed by atoms with van der Waals surface area (Å²) in [4.78, 5) is 16.5. The molecule has 2 heterocycles. The van der Waals surface area contributed by atoms with Gasteiger partial charge in [0.05, 0.1) is 30.0 Å². The van der Waals surface area contributed by atoms with Crippen molar-refractivity contribution in [1.82, 2.24) is 9.29 Å². The van der Waals surface area contributed by atoms with Crippen LogP contribution in [0.2, 0.25) is 0 Å². The largest absolute Gasteiger partial charge is 0.497 e. The number of β-amino-alcohol motifs (C(OH)–C–C–N with tert-alkyl or cyclic N) is 1. The van der Waals surface area contributed by atoms with Crippen LogP contribution in [0.4, 0.5) is 5.69 Å². The molecule has 2 N–H and O–H groups in total. The van der Waals surface area contributed by atoms with E-state index in [4.69, 9.17) is 4.74 Å². The van der Waals surface area contributed by atoms with Crippen LogP contribution in [0.1, 0.15) is 6.42 Å². The van der Waals surface area contributed by atoms with E-state index in [1.807, 2.05) is 0 Å². The summed E-state index contributed by atoms with van der Waals surface area (Å²) in [6.07, 6.45) is 2.15. The van der Waals surface area contributed by atoms with Crippen LogP contribution in [0.15, 0.2) is 53.7 Å². The highest BCUT2D eigenvalue weighted by Gasteiger charge is 2.43. The van der Waals surface area contributed by atoms with E-state index in [1.165, 1.54) is 37.6 Å². The van der Waals surface area contributed by atoms with Crippen LogP contribution in [0.5, 0.6) is 5.75 Å². The summed E-state index contributed by atoms with van der Waals surface area (Å²) in [5, 5.41) is 12.6. The molecule has 26 heavy (non-hydrogen) atoms. The number of rotatable bonds is 5. The second-order valence-electron chi connectivity index (χ2n) is 5.89. The summed E-state index contributed by atoms with van der Waals surface area (Å²) in [5.41, 5.74) is 0.459. The number of benzene rings is 1. The summed E-state index contributed by atoms with van der Waals surface area (Å²) in [7, 11) is -2.46. The Morgan fingerprint density at radius 2 is 2.04 bits per heavy atom. The van der Waals surface area contributed by atoms with Gasteiger partial charge in [-0.15, -0.1) is 0 Å². The Bertz CT molecular complexity index is 871. The van der Waals surface area contributed by atoms with Crippen molar-refractivity contribution in [1.29, 1.82) is 0 Å². The number of nitrogens with zero attached hydrogens (tertiary/aromatic N) is 2. The standard InChI is InChI=1S/C17H19N3O5S/c1-25-14-4-6-15(7-5-14)26(23,24)20-11-13(21)9-16(20)17(22)19-12-3-2-8-18-10-12/h2-8,10,13,16,21H,9,11H2,1H3,(H,19,22)/t13-,16-/m1/s1.